The van der Waals surface area contributed by atoms with Gasteiger partial charge >= 0.3 is 0 Å². The largest absolute Gasteiger partial charge is 0.508 e. The number of aryl methyl sites for hydroxylation is 1. The van der Waals surface area contributed by atoms with Crippen LogP contribution in [0.25, 0.3) is 11.1 Å². The molecule has 0 heterocycles. The van der Waals surface area contributed by atoms with E-state index in [4.69, 9.17) is 4.74 Å². The third-order valence-electron chi connectivity index (χ3n) is 3.39. The summed E-state index contributed by atoms with van der Waals surface area (Å²) in [5.74, 6) is 1.54. The second kappa shape index (κ2) is 5.35. The third-order valence-corrected chi connectivity index (χ3v) is 3.39. The number of hydrogen-bond acceptors (Lipinski definition) is 2. The van der Waals surface area contributed by atoms with Crippen LogP contribution in [-0.2, 0) is 0 Å². The minimum absolute atomic E-state index is 0.321. The van der Waals surface area contributed by atoms with Gasteiger partial charge < -0.3 is 9.84 Å². The summed E-state index contributed by atoms with van der Waals surface area (Å²) in [6, 6.07) is 11.9. The van der Waals surface area contributed by atoms with E-state index in [0.717, 1.165) is 28.0 Å². The minimum Gasteiger partial charge on any atom is -0.508 e. The first-order chi connectivity index (χ1) is 9.02. The number of hydrogen-bond donors (Lipinski definition) is 1. The van der Waals surface area contributed by atoms with E-state index in [9.17, 15) is 5.11 Å². The zero-order valence-electron chi connectivity index (χ0n) is 11.9. The molecule has 2 aromatic carbocycles. The zero-order valence-corrected chi connectivity index (χ0v) is 11.9. The van der Waals surface area contributed by atoms with Crippen LogP contribution in [0.5, 0.6) is 11.5 Å². The molecule has 2 nitrogen and oxygen atoms in total. The maximum absolute atomic E-state index is 10.1. The van der Waals surface area contributed by atoms with Gasteiger partial charge in [-0.15, -0.1) is 0 Å². The van der Waals surface area contributed by atoms with Gasteiger partial charge in [-0.05, 0) is 47.2 Å². The lowest BCUT2D eigenvalue weighted by atomic mass is 9.97. The molecule has 0 amide bonds. The van der Waals surface area contributed by atoms with E-state index >= 15 is 0 Å². The van der Waals surface area contributed by atoms with Gasteiger partial charge in [0.1, 0.15) is 11.5 Å². The van der Waals surface area contributed by atoms with E-state index in [1.807, 2.05) is 43.3 Å². The fourth-order valence-corrected chi connectivity index (χ4v) is 2.21. The molecule has 0 spiro atoms. The van der Waals surface area contributed by atoms with Crippen LogP contribution >= 0.6 is 0 Å². The molecule has 19 heavy (non-hydrogen) atoms. The summed E-state index contributed by atoms with van der Waals surface area (Å²) in [7, 11) is 1.67. The monoisotopic (exact) mass is 256 g/mol. The van der Waals surface area contributed by atoms with Gasteiger partial charge in [0.05, 0.1) is 7.11 Å². The Morgan fingerprint density at radius 1 is 1.00 bits per heavy atom. The summed E-state index contributed by atoms with van der Waals surface area (Å²) in [5.41, 5.74) is 4.13. The minimum atomic E-state index is 0.321. The SMILES string of the molecule is COc1cc(-c2ccc(C(C)C)c(O)c2)ccc1C. The van der Waals surface area contributed by atoms with Crippen molar-refractivity contribution in [1.82, 2.24) is 0 Å². The van der Waals surface area contributed by atoms with Crippen LogP contribution in [0.2, 0.25) is 0 Å². The Hall–Kier alpha value is -1.96. The van der Waals surface area contributed by atoms with Gasteiger partial charge in [-0.2, -0.15) is 0 Å². The van der Waals surface area contributed by atoms with Crippen molar-refractivity contribution in [3.63, 3.8) is 0 Å². The van der Waals surface area contributed by atoms with Crippen molar-refractivity contribution < 1.29 is 9.84 Å². The first-order valence-electron chi connectivity index (χ1n) is 6.51. The molecule has 2 heteroatoms. The van der Waals surface area contributed by atoms with E-state index in [1.54, 1.807) is 7.11 Å². The van der Waals surface area contributed by atoms with Gasteiger partial charge in [0.15, 0.2) is 0 Å². The number of phenolic OH excluding ortho intramolecular Hbond substituents is 1. The predicted molar refractivity (Wildman–Crippen MR) is 78.9 cm³/mol. The molecule has 0 aromatic heterocycles. The highest BCUT2D eigenvalue weighted by Gasteiger charge is 2.08. The molecule has 0 aliphatic rings. The fourth-order valence-electron chi connectivity index (χ4n) is 2.21. The van der Waals surface area contributed by atoms with Crippen LogP contribution in [0.4, 0.5) is 0 Å². The predicted octanol–water partition coefficient (Wildman–Crippen LogP) is 4.50. The lowest BCUT2D eigenvalue weighted by Crippen LogP contribution is -1.90. The summed E-state index contributed by atoms with van der Waals surface area (Å²) in [6.07, 6.45) is 0. The highest BCUT2D eigenvalue weighted by molar-refractivity contribution is 5.68. The molecule has 0 unspecified atom stereocenters. The molecule has 1 N–H and O–H groups in total. The highest BCUT2D eigenvalue weighted by Crippen LogP contribution is 2.32. The average molecular weight is 256 g/mol. The molecule has 0 saturated heterocycles. The van der Waals surface area contributed by atoms with Gasteiger partial charge in [0, 0.05) is 0 Å². The van der Waals surface area contributed by atoms with Crippen molar-refractivity contribution in [1.29, 1.82) is 0 Å². The number of methoxy groups -OCH3 is 1. The van der Waals surface area contributed by atoms with Crippen LogP contribution in [0.15, 0.2) is 36.4 Å². The van der Waals surface area contributed by atoms with Gasteiger partial charge in [0.25, 0.3) is 0 Å². The van der Waals surface area contributed by atoms with Gasteiger partial charge in [-0.25, -0.2) is 0 Å². The standard InChI is InChI=1S/C17H20O2/c1-11(2)15-8-7-13(9-16(15)18)14-6-5-12(3)17(10-14)19-4/h5-11,18H,1-4H3. The Morgan fingerprint density at radius 2 is 1.63 bits per heavy atom. The normalized spacial score (nSPS) is 10.8. The first-order valence-corrected chi connectivity index (χ1v) is 6.51. The Kier molecular flexibility index (Phi) is 3.79. The van der Waals surface area contributed by atoms with Crippen molar-refractivity contribution in [3.8, 4) is 22.6 Å². The summed E-state index contributed by atoms with van der Waals surface area (Å²) < 4.78 is 5.34. The summed E-state index contributed by atoms with van der Waals surface area (Å²) >= 11 is 0. The highest BCUT2D eigenvalue weighted by atomic mass is 16.5. The van der Waals surface area contributed by atoms with E-state index in [-0.39, 0.29) is 0 Å². The molecule has 0 aliphatic heterocycles. The topological polar surface area (TPSA) is 29.5 Å². The fraction of sp³-hybridized carbons (Fsp3) is 0.294. The Balaban J connectivity index is 2.45. The van der Waals surface area contributed by atoms with Gasteiger partial charge in [-0.1, -0.05) is 38.1 Å². The molecule has 0 saturated carbocycles. The Bertz CT molecular complexity index is 586. The van der Waals surface area contributed by atoms with E-state index in [0.29, 0.717) is 11.7 Å². The van der Waals surface area contributed by atoms with E-state index in [1.165, 1.54) is 0 Å². The van der Waals surface area contributed by atoms with Crippen molar-refractivity contribution in [3.05, 3.63) is 47.5 Å². The van der Waals surface area contributed by atoms with Crippen LogP contribution < -0.4 is 4.74 Å². The summed E-state index contributed by atoms with van der Waals surface area (Å²) in [6.45, 7) is 6.16. The molecule has 0 aliphatic carbocycles. The van der Waals surface area contributed by atoms with Gasteiger partial charge in [0.2, 0.25) is 0 Å². The molecule has 0 fully saturated rings. The van der Waals surface area contributed by atoms with E-state index < -0.39 is 0 Å². The molecular formula is C17H20O2. The third kappa shape index (κ3) is 2.73. The number of ether oxygens (including phenoxy) is 1. The lowest BCUT2D eigenvalue weighted by Gasteiger charge is -2.12. The Labute approximate surface area is 114 Å². The quantitative estimate of drug-likeness (QED) is 0.876. The van der Waals surface area contributed by atoms with Crippen LogP contribution in [0, 0.1) is 6.92 Å². The second-order valence-corrected chi connectivity index (χ2v) is 5.11. The molecule has 0 radical (unpaired) electrons. The number of aromatic hydroxyl groups is 1. The number of phenols is 1. The van der Waals surface area contributed by atoms with Gasteiger partial charge in [-0.3, -0.25) is 0 Å². The summed E-state index contributed by atoms with van der Waals surface area (Å²) in [4.78, 5) is 0. The summed E-state index contributed by atoms with van der Waals surface area (Å²) in [5, 5.41) is 10.1. The number of benzene rings is 2. The maximum Gasteiger partial charge on any atom is 0.122 e. The molecule has 2 aromatic rings. The molecular weight excluding hydrogens is 236 g/mol. The van der Waals surface area contributed by atoms with Crippen LogP contribution in [0.3, 0.4) is 0 Å². The molecule has 0 atom stereocenters. The molecule has 0 bridgehead atoms. The van der Waals surface area contributed by atoms with Crippen molar-refractivity contribution in [2.45, 2.75) is 26.7 Å². The second-order valence-electron chi connectivity index (χ2n) is 5.11. The van der Waals surface area contributed by atoms with Crippen molar-refractivity contribution >= 4 is 0 Å². The average Bonchev–Trinajstić information content (AvgIpc) is 2.38. The zero-order chi connectivity index (χ0) is 14.0. The van der Waals surface area contributed by atoms with Crippen LogP contribution in [-0.4, -0.2) is 12.2 Å². The molecule has 100 valence electrons. The molecule has 2 rings (SSSR count). The maximum atomic E-state index is 10.1. The number of rotatable bonds is 3. The van der Waals surface area contributed by atoms with Crippen molar-refractivity contribution in [2.75, 3.05) is 7.11 Å². The van der Waals surface area contributed by atoms with Crippen molar-refractivity contribution in [2.24, 2.45) is 0 Å². The smallest absolute Gasteiger partial charge is 0.122 e. The Morgan fingerprint density at radius 3 is 2.21 bits per heavy atom. The lowest BCUT2D eigenvalue weighted by molar-refractivity contribution is 0.412. The van der Waals surface area contributed by atoms with E-state index in [2.05, 4.69) is 13.8 Å². The van der Waals surface area contributed by atoms with Crippen LogP contribution in [0.1, 0.15) is 30.9 Å². The first kappa shape index (κ1) is 13.5.